The molecule has 1 aliphatic rings. The highest BCUT2D eigenvalue weighted by atomic mass is 16.3. The highest BCUT2D eigenvalue weighted by Crippen LogP contribution is 2.44. The molecule has 3 atom stereocenters. The van der Waals surface area contributed by atoms with Gasteiger partial charge in [0, 0.05) is 11.6 Å². The van der Waals surface area contributed by atoms with Gasteiger partial charge in [0.2, 0.25) is 0 Å². The Kier molecular flexibility index (Phi) is 3.52. The number of rotatable bonds is 3. The minimum absolute atomic E-state index is 0.148. The van der Waals surface area contributed by atoms with Crippen LogP contribution in [0.4, 0.5) is 0 Å². The smallest absolute Gasteiger partial charge is 0.0613 e. The monoisotopic (exact) mass is 234 g/mol. The maximum atomic E-state index is 9.59. The Morgan fingerprint density at radius 1 is 1.41 bits per heavy atom. The van der Waals surface area contributed by atoms with E-state index in [1.165, 1.54) is 5.56 Å². The van der Waals surface area contributed by atoms with Crippen molar-refractivity contribution in [2.75, 3.05) is 20.2 Å². The summed E-state index contributed by atoms with van der Waals surface area (Å²) >= 11 is 0. The molecule has 3 heteroatoms. The van der Waals surface area contributed by atoms with Gasteiger partial charge in [0.05, 0.1) is 6.61 Å². The van der Waals surface area contributed by atoms with Crippen molar-refractivity contribution in [3.8, 4) is 0 Å². The molecule has 0 spiro atoms. The fourth-order valence-corrected chi connectivity index (χ4v) is 3.01. The number of hydrogen-bond acceptors (Lipinski definition) is 3. The van der Waals surface area contributed by atoms with Crippen LogP contribution in [0.2, 0.25) is 0 Å². The van der Waals surface area contributed by atoms with Gasteiger partial charge in [-0.05, 0) is 38.4 Å². The van der Waals surface area contributed by atoms with Gasteiger partial charge < -0.3 is 10.8 Å². The van der Waals surface area contributed by atoms with Crippen LogP contribution in [0, 0.1) is 5.92 Å². The molecular weight excluding hydrogens is 212 g/mol. The second-order valence-corrected chi connectivity index (χ2v) is 5.32. The van der Waals surface area contributed by atoms with E-state index in [1.54, 1.807) is 0 Å². The minimum Gasteiger partial charge on any atom is -0.394 e. The van der Waals surface area contributed by atoms with Gasteiger partial charge in [-0.2, -0.15) is 0 Å². The molecule has 3 N–H and O–H groups in total. The third-order valence-electron chi connectivity index (χ3n) is 4.20. The first-order valence-electron chi connectivity index (χ1n) is 6.21. The molecule has 1 heterocycles. The number of benzene rings is 1. The first-order chi connectivity index (χ1) is 8.12. The number of nitrogens with two attached hydrogens (primary N) is 1. The molecule has 0 aliphatic carbocycles. The normalized spacial score (nSPS) is 34.1. The molecule has 1 aliphatic heterocycles. The first kappa shape index (κ1) is 12.6. The molecule has 1 saturated heterocycles. The van der Waals surface area contributed by atoms with Crippen molar-refractivity contribution < 1.29 is 5.11 Å². The Hall–Kier alpha value is -0.900. The topological polar surface area (TPSA) is 49.5 Å². The van der Waals surface area contributed by atoms with Gasteiger partial charge in [-0.3, -0.25) is 4.90 Å². The molecule has 94 valence electrons. The quantitative estimate of drug-likeness (QED) is 0.831. The summed E-state index contributed by atoms with van der Waals surface area (Å²) in [4.78, 5) is 2.28. The molecule has 0 radical (unpaired) electrons. The van der Waals surface area contributed by atoms with Crippen LogP contribution in [0.15, 0.2) is 30.3 Å². The molecule has 0 unspecified atom stereocenters. The van der Waals surface area contributed by atoms with Gasteiger partial charge >= 0.3 is 0 Å². The number of likely N-dealkylation sites (tertiary alicyclic amines) is 1. The Morgan fingerprint density at radius 2 is 2.06 bits per heavy atom. The number of aliphatic hydroxyl groups excluding tert-OH is 1. The van der Waals surface area contributed by atoms with E-state index in [2.05, 4.69) is 43.1 Å². The summed E-state index contributed by atoms with van der Waals surface area (Å²) < 4.78 is 0. The lowest BCUT2D eigenvalue weighted by molar-refractivity contribution is 0.0769. The summed E-state index contributed by atoms with van der Waals surface area (Å²) in [5, 5.41) is 9.59. The highest BCUT2D eigenvalue weighted by molar-refractivity contribution is 5.23. The molecule has 0 amide bonds. The Bertz CT molecular complexity index is 368. The lowest BCUT2D eigenvalue weighted by Gasteiger charge is -2.34. The van der Waals surface area contributed by atoms with Gasteiger partial charge in [-0.25, -0.2) is 0 Å². The number of hydrogen-bond donors (Lipinski definition) is 2. The summed E-state index contributed by atoms with van der Waals surface area (Å²) in [6.07, 6.45) is 0.954. The van der Waals surface area contributed by atoms with Crippen LogP contribution in [-0.4, -0.2) is 35.7 Å². The second kappa shape index (κ2) is 4.77. The zero-order chi connectivity index (χ0) is 12.5. The van der Waals surface area contributed by atoms with E-state index in [1.807, 2.05) is 6.07 Å². The van der Waals surface area contributed by atoms with E-state index in [4.69, 9.17) is 5.73 Å². The molecule has 1 aromatic carbocycles. The second-order valence-electron chi connectivity index (χ2n) is 5.32. The van der Waals surface area contributed by atoms with Crippen LogP contribution in [0.5, 0.6) is 0 Å². The average molecular weight is 234 g/mol. The predicted molar refractivity (Wildman–Crippen MR) is 69.6 cm³/mol. The van der Waals surface area contributed by atoms with E-state index in [-0.39, 0.29) is 12.1 Å². The maximum Gasteiger partial charge on any atom is 0.0613 e. The number of likely N-dealkylation sites (N-methyl/N-ethyl adjacent to an activating group) is 1. The molecule has 0 aromatic heterocycles. The van der Waals surface area contributed by atoms with Crippen LogP contribution < -0.4 is 5.73 Å². The largest absolute Gasteiger partial charge is 0.394 e. The fourth-order valence-electron chi connectivity index (χ4n) is 3.01. The minimum atomic E-state index is -0.148. The highest BCUT2D eigenvalue weighted by Gasteiger charge is 2.46. The standard InChI is InChI=1S/C14H22N2O/c1-14(10-17)8-12(9-15)13(16(14)2)11-6-4-3-5-7-11/h3-7,12-13,17H,8-10,15H2,1-2H3/t12-,13+,14+/m0/s1. The maximum absolute atomic E-state index is 9.59. The molecular formula is C14H22N2O. The summed E-state index contributed by atoms with van der Waals surface area (Å²) in [5.41, 5.74) is 7.04. The lowest BCUT2D eigenvalue weighted by atomic mass is 9.90. The average Bonchev–Trinajstić information content (AvgIpc) is 2.63. The summed E-state index contributed by atoms with van der Waals surface area (Å²) in [7, 11) is 2.09. The van der Waals surface area contributed by atoms with Crippen molar-refractivity contribution in [2.24, 2.45) is 11.7 Å². The molecule has 0 bridgehead atoms. The molecule has 1 fully saturated rings. The Balaban J connectivity index is 2.32. The zero-order valence-corrected chi connectivity index (χ0v) is 10.6. The van der Waals surface area contributed by atoms with Crippen LogP contribution in [0.25, 0.3) is 0 Å². The van der Waals surface area contributed by atoms with Crippen molar-refractivity contribution in [1.82, 2.24) is 4.90 Å². The van der Waals surface area contributed by atoms with E-state index < -0.39 is 0 Å². The van der Waals surface area contributed by atoms with Crippen molar-refractivity contribution in [3.05, 3.63) is 35.9 Å². The lowest BCUT2D eigenvalue weighted by Crippen LogP contribution is -2.42. The van der Waals surface area contributed by atoms with Crippen LogP contribution in [-0.2, 0) is 0 Å². The summed E-state index contributed by atoms with van der Waals surface area (Å²) in [5.74, 6) is 0.416. The van der Waals surface area contributed by atoms with Gasteiger partial charge in [0.25, 0.3) is 0 Å². The van der Waals surface area contributed by atoms with E-state index in [0.717, 1.165) is 6.42 Å². The van der Waals surface area contributed by atoms with Crippen molar-refractivity contribution in [1.29, 1.82) is 0 Å². The van der Waals surface area contributed by atoms with Gasteiger partial charge in [0.1, 0.15) is 0 Å². The van der Waals surface area contributed by atoms with Crippen molar-refractivity contribution in [3.63, 3.8) is 0 Å². The van der Waals surface area contributed by atoms with Crippen LogP contribution in [0.1, 0.15) is 24.9 Å². The number of aliphatic hydroxyl groups is 1. The zero-order valence-electron chi connectivity index (χ0n) is 10.6. The summed E-state index contributed by atoms with van der Waals surface area (Å²) in [6.45, 7) is 2.96. The first-order valence-corrected chi connectivity index (χ1v) is 6.21. The predicted octanol–water partition coefficient (Wildman–Crippen LogP) is 1.39. The van der Waals surface area contributed by atoms with Gasteiger partial charge in [0.15, 0.2) is 0 Å². The van der Waals surface area contributed by atoms with Gasteiger partial charge in [-0.1, -0.05) is 30.3 Å². The third-order valence-corrected chi connectivity index (χ3v) is 4.20. The van der Waals surface area contributed by atoms with E-state index >= 15 is 0 Å². The molecule has 3 nitrogen and oxygen atoms in total. The van der Waals surface area contributed by atoms with E-state index in [9.17, 15) is 5.11 Å². The van der Waals surface area contributed by atoms with Gasteiger partial charge in [-0.15, -0.1) is 0 Å². The van der Waals surface area contributed by atoms with Crippen LogP contribution >= 0.6 is 0 Å². The Morgan fingerprint density at radius 3 is 2.59 bits per heavy atom. The van der Waals surface area contributed by atoms with Crippen LogP contribution in [0.3, 0.4) is 0 Å². The summed E-state index contributed by atoms with van der Waals surface area (Å²) in [6, 6.07) is 10.8. The third kappa shape index (κ3) is 2.10. The van der Waals surface area contributed by atoms with E-state index in [0.29, 0.717) is 18.5 Å². The fraction of sp³-hybridized carbons (Fsp3) is 0.571. The molecule has 1 aromatic rings. The SMILES string of the molecule is CN1[C@H](c2ccccc2)[C@H](CN)C[C@]1(C)CO. The number of nitrogens with zero attached hydrogens (tertiary/aromatic N) is 1. The molecule has 17 heavy (non-hydrogen) atoms. The molecule has 2 rings (SSSR count). The Labute approximate surface area is 103 Å². The molecule has 0 saturated carbocycles. The van der Waals surface area contributed by atoms with Crippen molar-refractivity contribution >= 4 is 0 Å². The van der Waals surface area contributed by atoms with Crippen molar-refractivity contribution in [2.45, 2.75) is 24.9 Å².